The third-order valence-corrected chi connectivity index (χ3v) is 2.29. The van der Waals surface area contributed by atoms with Gasteiger partial charge in [-0.2, -0.15) is 9.37 Å². The zero-order chi connectivity index (χ0) is 11.5. The van der Waals surface area contributed by atoms with Crippen LogP contribution in [-0.4, -0.2) is 17.1 Å². The van der Waals surface area contributed by atoms with Crippen molar-refractivity contribution < 1.29 is 9.13 Å². The molecule has 2 rings (SSSR count). The summed E-state index contributed by atoms with van der Waals surface area (Å²) in [5.74, 6) is -0.121. The molecule has 2 aromatic rings. The molecule has 82 valence electrons. The Balaban J connectivity index is 2.53. The van der Waals surface area contributed by atoms with Gasteiger partial charge in [0.15, 0.2) is 5.82 Å². The highest BCUT2D eigenvalue weighted by Gasteiger charge is 2.09. The molecule has 1 aromatic carbocycles. The van der Waals surface area contributed by atoms with Crippen molar-refractivity contribution >= 4 is 0 Å². The van der Waals surface area contributed by atoms with Crippen LogP contribution in [0.3, 0.4) is 0 Å². The Morgan fingerprint density at radius 2 is 2.00 bits per heavy atom. The van der Waals surface area contributed by atoms with Crippen LogP contribution in [0.15, 0.2) is 30.5 Å². The van der Waals surface area contributed by atoms with Gasteiger partial charge in [-0.1, -0.05) is 24.3 Å². The first-order valence-corrected chi connectivity index (χ1v) is 4.85. The number of hydrogen-bond acceptors (Lipinski definition) is 3. The van der Waals surface area contributed by atoms with Crippen molar-refractivity contribution in [2.75, 3.05) is 7.11 Å². The Morgan fingerprint density at radius 3 is 2.69 bits per heavy atom. The predicted octanol–water partition coefficient (Wildman–Crippen LogP) is 2.60. The quantitative estimate of drug-likeness (QED) is 0.777. The molecule has 16 heavy (non-hydrogen) atoms. The van der Waals surface area contributed by atoms with E-state index in [1.165, 1.54) is 7.11 Å². The standard InChI is InChI=1S/C12H11FN2O/c1-8-5-3-4-6-9(8)11-14-7-10(13)12(15-11)16-2/h3-7H,1-2H3. The van der Waals surface area contributed by atoms with Crippen LogP contribution in [-0.2, 0) is 0 Å². The summed E-state index contributed by atoms with van der Waals surface area (Å²) in [7, 11) is 1.38. The van der Waals surface area contributed by atoms with Gasteiger partial charge in [0.2, 0.25) is 5.82 Å². The Hall–Kier alpha value is -1.97. The van der Waals surface area contributed by atoms with Crippen LogP contribution in [0.25, 0.3) is 11.4 Å². The molecule has 0 spiro atoms. The van der Waals surface area contributed by atoms with E-state index in [1.807, 2.05) is 31.2 Å². The van der Waals surface area contributed by atoms with Crippen LogP contribution in [0.5, 0.6) is 5.88 Å². The Kier molecular flexibility index (Phi) is 2.81. The predicted molar refractivity (Wildman–Crippen MR) is 58.7 cm³/mol. The molecule has 0 bridgehead atoms. The van der Waals surface area contributed by atoms with Gasteiger partial charge >= 0.3 is 0 Å². The van der Waals surface area contributed by atoms with E-state index >= 15 is 0 Å². The minimum absolute atomic E-state index is 0.0340. The lowest BCUT2D eigenvalue weighted by molar-refractivity contribution is 0.367. The molecule has 4 heteroatoms. The van der Waals surface area contributed by atoms with E-state index in [0.29, 0.717) is 5.82 Å². The Morgan fingerprint density at radius 1 is 1.25 bits per heavy atom. The zero-order valence-electron chi connectivity index (χ0n) is 9.07. The van der Waals surface area contributed by atoms with Crippen LogP contribution in [0.4, 0.5) is 4.39 Å². The van der Waals surface area contributed by atoms with Gasteiger partial charge in [-0.3, -0.25) is 0 Å². The summed E-state index contributed by atoms with van der Waals surface area (Å²) in [6.45, 7) is 1.95. The first kappa shape index (κ1) is 10.5. The molecule has 0 aliphatic carbocycles. The molecule has 0 N–H and O–H groups in total. The maximum absolute atomic E-state index is 13.1. The van der Waals surface area contributed by atoms with Crippen molar-refractivity contribution in [3.8, 4) is 17.3 Å². The average molecular weight is 218 g/mol. The fourth-order valence-electron chi connectivity index (χ4n) is 1.45. The molecule has 0 aliphatic heterocycles. The van der Waals surface area contributed by atoms with Gasteiger partial charge in [0.25, 0.3) is 5.88 Å². The molecular weight excluding hydrogens is 207 g/mol. The summed E-state index contributed by atoms with van der Waals surface area (Å²) >= 11 is 0. The molecule has 0 unspecified atom stereocenters. The van der Waals surface area contributed by atoms with Crippen molar-refractivity contribution in [1.82, 2.24) is 9.97 Å². The molecule has 3 nitrogen and oxygen atoms in total. The summed E-state index contributed by atoms with van der Waals surface area (Å²) < 4.78 is 18.0. The summed E-state index contributed by atoms with van der Waals surface area (Å²) in [4.78, 5) is 7.97. The number of rotatable bonds is 2. The molecule has 1 heterocycles. The second kappa shape index (κ2) is 4.26. The number of benzene rings is 1. The van der Waals surface area contributed by atoms with Gasteiger partial charge in [-0.25, -0.2) is 4.98 Å². The molecule has 0 fully saturated rings. The van der Waals surface area contributed by atoms with Gasteiger partial charge in [0.05, 0.1) is 13.3 Å². The van der Waals surface area contributed by atoms with Crippen molar-refractivity contribution in [3.63, 3.8) is 0 Å². The topological polar surface area (TPSA) is 35.0 Å². The van der Waals surface area contributed by atoms with Crippen LogP contribution >= 0.6 is 0 Å². The third-order valence-electron chi connectivity index (χ3n) is 2.29. The SMILES string of the molecule is COc1nc(-c2ccccc2C)ncc1F. The van der Waals surface area contributed by atoms with Gasteiger partial charge in [-0.05, 0) is 12.5 Å². The smallest absolute Gasteiger partial charge is 0.253 e. The van der Waals surface area contributed by atoms with Gasteiger partial charge in [0.1, 0.15) is 0 Å². The molecular formula is C12H11FN2O. The van der Waals surface area contributed by atoms with Crippen LogP contribution < -0.4 is 4.74 Å². The van der Waals surface area contributed by atoms with Gasteiger partial charge in [0, 0.05) is 5.56 Å². The monoisotopic (exact) mass is 218 g/mol. The van der Waals surface area contributed by atoms with E-state index in [-0.39, 0.29) is 5.88 Å². The average Bonchev–Trinajstić information content (AvgIpc) is 2.31. The van der Waals surface area contributed by atoms with E-state index in [4.69, 9.17) is 4.74 Å². The highest BCUT2D eigenvalue weighted by molar-refractivity contribution is 5.59. The summed E-state index contributed by atoms with van der Waals surface area (Å²) in [5.41, 5.74) is 1.91. The maximum atomic E-state index is 13.1. The lowest BCUT2D eigenvalue weighted by Crippen LogP contribution is -1.97. The number of aromatic nitrogens is 2. The zero-order valence-corrected chi connectivity index (χ0v) is 9.07. The molecule has 0 atom stereocenters. The fraction of sp³-hybridized carbons (Fsp3) is 0.167. The fourth-order valence-corrected chi connectivity index (χ4v) is 1.45. The molecule has 0 aliphatic rings. The highest BCUT2D eigenvalue weighted by atomic mass is 19.1. The molecule has 0 radical (unpaired) electrons. The number of methoxy groups -OCH3 is 1. The number of aryl methyl sites for hydroxylation is 1. The van der Waals surface area contributed by atoms with Gasteiger partial charge < -0.3 is 4.74 Å². The molecule has 0 saturated heterocycles. The normalized spacial score (nSPS) is 10.2. The number of nitrogens with zero attached hydrogens (tertiary/aromatic N) is 2. The number of hydrogen-bond donors (Lipinski definition) is 0. The van der Waals surface area contributed by atoms with E-state index in [2.05, 4.69) is 9.97 Å². The number of halogens is 1. The third kappa shape index (κ3) is 1.86. The van der Waals surface area contributed by atoms with Crippen molar-refractivity contribution in [3.05, 3.63) is 41.8 Å². The maximum Gasteiger partial charge on any atom is 0.253 e. The largest absolute Gasteiger partial charge is 0.479 e. The Bertz CT molecular complexity index is 514. The van der Waals surface area contributed by atoms with E-state index in [9.17, 15) is 4.39 Å². The van der Waals surface area contributed by atoms with Crippen molar-refractivity contribution in [2.45, 2.75) is 6.92 Å². The van der Waals surface area contributed by atoms with Gasteiger partial charge in [-0.15, -0.1) is 0 Å². The first-order valence-electron chi connectivity index (χ1n) is 4.85. The second-order valence-corrected chi connectivity index (χ2v) is 3.37. The lowest BCUT2D eigenvalue weighted by Gasteiger charge is -2.05. The van der Waals surface area contributed by atoms with E-state index < -0.39 is 5.82 Å². The first-order chi connectivity index (χ1) is 7.72. The number of ether oxygens (including phenoxy) is 1. The minimum atomic E-state index is -0.556. The second-order valence-electron chi connectivity index (χ2n) is 3.37. The van der Waals surface area contributed by atoms with Crippen LogP contribution in [0, 0.1) is 12.7 Å². The minimum Gasteiger partial charge on any atom is -0.479 e. The van der Waals surface area contributed by atoms with E-state index in [0.717, 1.165) is 17.3 Å². The molecule has 0 saturated carbocycles. The van der Waals surface area contributed by atoms with Crippen molar-refractivity contribution in [1.29, 1.82) is 0 Å². The summed E-state index contributed by atoms with van der Waals surface area (Å²) in [6.07, 6.45) is 1.12. The summed E-state index contributed by atoms with van der Waals surface area (Å²) in [5, 5.41) is 0. The molecule has 1 aromatic heterocycles. The highest BCUT2D eigenvalue weighted by Crippen LogP contribution is 2.22. The lowest BCUT2D eigenvalue weighted by atomic mass is 10.1. The Labute approximate surface area is 92.9 Å². The van der Waals surface area contributed by atoms with Crippen molar-refractivity contribution in [2.24, 2.45) is 0 Å². The molecule has 0 amide bonds. The van der Waals surface area contributed by atoms with Crippen LogP contribution in [0.2, 0.25) is 0 Å². The van der Waals surface area contributed by atoms with Crippen LogP contribution in [0.1, 0.15) is 5.56 Å². The van der Waals surface area contributed by atoms with E-state index in [1.54, 1.807) is 0 Å². The summed E-state index contributed by atoms with van der Waals surface area (Å²) in [6, 6.07) is 7.66.